The van der Waals surface area contributed by atoms with E-state index < -0.39 is 0 Å². The highest BCUT2D eigenvalue weighted by Crippen LogP contribution is 2.26. The molecule has 1 atom stereocenters. The Kier molecular flexibility index (Phi) is 5.27. The fourth-order valence-electron chi connectivity index (χ4n) is 2.77. The van der Waals surface area contributed by atoms with Crippen molar-refractivity contribution in [2.45, 2.75) is 13.0 Å². The monoisotopic (exact) mass is 343 g/mol. The molecule has 3 rings (SSSR count). The van der Waals surface area contributed by atoms with Crippen molar-refractivity contribution in [3.05, 3.63) is 57.8 Å². The topological polar surface area (TPSA) is 61.4 Å². The Bertz CT molecular complexity index is 698. The third-order valence-electron chi connectivity index (χ3n) is 4.03. The Balaban J connectivity index is 1.71. The van der Waals surface area contributed by atoms with Gasteiger partial charge in [0, 0.05) is 18.0 Å². The normalized spacial score (nSPS) is 16.5. The maximum atomic E-state index is 12.5. The summed E-state index contributed by atoms with van der Waals surface area (Å²) < 4.78 is 0. The number of nitrogens with one attached hydrogen (secondary N) is 2. The third-order valence-corrected chi connectivity index (χ3v) is 4.97. The number of aryl methyl sites for hydroxylation is 1. The Morgan fingerprint density at radius 2 is 2.12 bits per heavy atom. The second-order valence-electron chi connectivity index (χ2n) is 5.99. The zero-order valence-electron chi connectivity index (χ0n) is 13.6. The number of amides is 2. The minimum atomic E-state index is -0.156. The van der Waals surface area contributed by atoms with Crippen molar-refractivity contribution in [1.29, 1.82) is 0 Å². The van der Waals surface area contributed by atoms with Gasteiger partial charge >= 0.3 is 0 Å². The number of nitrogens with zero attached hydrogens (tertiary/aromatic N) is 1. The largest absolute Gasteiger partial charge is 0.354 e. The lowest BCUT2D eigenvalue weighted by Gasteiger charge is -2.27. The molecule has 24 heavy (non-hydrogen) atoms. The number of benzene rings is 1. The Morgan fingerprint density at radius 1 is 1.33 bits per heavy atom. The van der Waals surface area contributed by atoms with Gasteiger partial charge in [0.2, 0.25) is 11.8 Å². The SMILES string of the molecule is Cc1ccc(C(NC(=O)CN2CCNC(=O)C2)c2cccs2)cc1. The van der Waals surface area contributed by atoms with Crippen LogP contribution < -0.4 is 10.6 Å². The lowest BCUT2D eigenvalue weighted by atomic mass is 10.0. The van der Waals surface area contributed by atoms with Crippen LogP contribution >= 0.6 is 11.3 Å². The molecule has 1 aromatic heterocycles. The molecule has 1 fully saturated rings. The van der Waals surface area contributed by atoms with E-state index in [0.29, 0.717) is 13.1 Å². The number of rotatable bonds is 5. The van der Waals surface area contributed by atoms with E-state index in [4.69, 9.17) is 0 Å². The van der Waals surface area contributed by atoms with Gasteiger partial charge in [-0.1, -0.05) is 35.9 Å². The molecule has 2 N–H and O–H groups in total. The standard InChI is InChI=1S/C18H21N3O2S/c1-13-4-6-14(7-5-13)18(15-3-2-10-24-15)20-17(23)12-21-9-8-19-16(22)11-21/h2-7,10,18H,8-9,11-12H2,1H3,(H,19,22)(H,20,23). The van der Waals surface area contributed by atoms with E-state index >= 15 is 0 Å². The van der Waals surface area contributed by atoms with Gasteiger partial charge in [0.15, 0.2) is 0 Å². The van der Waals surface area contributed by atoms with E-state index in [1.807, 2.05) is 41.5 Å². The van der Waals surface area contributed by atoms with Crippen molar-refractivity contribution >= 4 is 23.2 Å². The van der Waals surface area contributed by atoms with E-state index in [0.717, 1.165) is 10.4 Å². The average Bonchev–Trinajstić information content (AvgIpc) is 3.08. The summed E-state index contributed by atoms with van der Waals surface area (Å²) in [5, 5.41) is 7.90. The number of hydrogen-bond acceptors (Lipinski definition) is 4. The Morgan fingerprint density at radius 3 is 2.79 bits per heavy atom. The number of carbonyl (C=O) groups excluding carboxylic acids is 2. The molecule has 1 aromatic carbocycles. The molecule has 1 saturated heterocycles. The molecule has 0 aliphatic carbocycles. The fourth-order valence-corrected chi connectivity index (χ4v) is 3.57. The van der Waals surface area contributed by atoms with Gasteiger partial charge in [-0.25, -0.2) is 0 Å². The minimum absolute atomic E-state index is 0.0256. The summed E-state index contributed by atoms with van der Waals surface area (Å²) in [7, 11) is 0. The van der Waals surface area contributed by atoms with E-state index in [-0.39, 0.29) is 30.9 Å². The van der Waals surface area contributed by atoms with Gasteiger partial charge in [0.05, 0.1) is 19.1 Å². The first-order chi connectivity index (χ1) is 11.6. The lowest BCUT2D eigenvalue weighted by Crippen LogP contribution is -2.50. The van der Waals surface area contributed by atoms with Gasteiger partial charge in [-0.05, 0) is 23.9 Å². The summed E-state index contributed by atoms with van der Waals surface area (Å²) in [4.78, 5) is 26.9. The van der Waals surface area contributed by atoms with Crippen LogP contribution in [0.4, 0.5) is 0 Å². The number of thiophene rings is 1. The van der Waals surface area contributed by atoms with Crippen LogP contribution in [0.3, 0.4) is 0 Å². The van der Waals surface area contributed by atoms with Gasteiger partial charge in [0.1, 0.15) is 0 Å². The highest BCUT2D eigenvalue weighted by Gasteiger charge is 2.22. The summed E-state index contributed by atoms with van der Waals surface area (Å²) in [5.41, 5.74) is 2.25. The number of carbonyl (C=O) groups is 2. The summed E-state index contributed by atoms with van der Waals surface area (Å²) >= 11 is 1.63. The van der Waals surface area contributed by atoms with Crippen molar-refractivity contribution in [3.8, 4) is 0 Å². The molecule has 2 amide bonds. The smallest absolute Gasteiger partial charge is 0.234 e. The average molecular weight is 343 g/mol. The van der Waals surface area contributed by atoms with Gasteiger partial charge in [-0.3, -0.25) is 14.5 Å². The summed E-state index contributed by atoms with van der Waals surface area (Å²) in [6.45, 7) is 3.86. The van der Waals surface area contributed by atoms with Crippen LogP contribution in [0, 0.1) is 6.92 Å². The highest BCUT2D eigenvalue weighted by atomic mass is 32.1. The molecule has 2 aromatic rings. The maximum Gasteiger partial charge on any atom is 0.234 e. The molecule has 1 aliphatic rings. The van der Waals surface area contributed by atoms with Crippen LogP contribution in [0.2, 0.25) is 0 Å². The van der Waals surface area contributed by atoms with Crippen molar-refractivity contribution in [1.82, 2.24) is 15.5 Å². The van der Waals surface area contributed by atoms with E-state index in [2.05, 4.69) is 22.8 Å². The molecule has 6 heteroatoms. The number of hydrogen-bond donors (Lipinski definition) is 2. The highest BCUT2D eigenvalue weighted by molar-refractivity contribution is 7.10. The van der Waals surface area contributed by atoms with Crippen molar-refractivity contribution in [3.63, 3.8) is 0 Å². The molecule has 2 heterocycles. The van der Waals surface area contributed by atoms with Gasteiger partial charge in [-0.2, -0.15) is 0 Å². The second kappa shape index (κ2) is 7.59. The molecule has 0 radical (unpaired) electrons. The predicted molar refractivity (Wildman–Crippen MR) is 94.9 cm³/mol. The summed E-state index contributed by atoms with van der Waals surface area (Å²) in [6.07, 6.45) is 0. The molecule has 126 valence electrons. The van der Waals surface area contributed by atoms with Gasteiger partial charge in [0.25, 0.3) is 0 Å². The predicted octanol–water partition coefficient (Wildman–Crippen LogP) is 1.69. The van der Waals surface area contributed by atoms with Crippen LogP contribution in [-0.2, 0) is 9.59 Å². The third kappa shape index (κ3) is 4.21. The molecule has 0 spiro atoms. The van der Waals surface area contributed by atoms with Crippen molar-refractivity contribution in [2.75, 3.05) is 26.2 Å². The van der Waals surface area contributed by atoms with Crippen LogP contribution in [0.15, 0.2) is 41.8 Å². The van der Waals surface area contributed by atoms with E-state index in [1.165, 1.54) is 5.56 Å². The summed E-state index contributed by atoms with van der Waals surface area (Å²) in [5.74, 6) is -0.0916. The Labute approximate surface area is 145 Å². The fraction of sp³-hybridized carbons (Fsp3) is 0.333. The van der Waals surface area contributed by atoms with Crippen LogP contribution in [0.25, 0.3) is 0 Å². The lowest BCUT2D eigenvalue weighted by molar-refractivity contribution is -0.127. The van der Waals surface area contributed by atoms with Crippen LogP contribution in [-0.4, -0.2) is 42.9 Å². The molecular formula is C18H21N3O2S. The van der Waals surface area contributed by atoms with Crippen LogP contribution in [0.5, 0.6) is 0 Å². The summed E-state index contributed by atoms with van der Waals surface area (Å²) in [6, 6.07) is 12.1. The number of piperazine rings is 1. The van der Waals surface area contributed by atoms with E-state index in [1.54, 1.807) is 11.3 Å². The van der Waals surface area contributed by atoms with Gasteiger partial charge in [-0.15, -0.1) is 11.3 Å². The minimum Gasteiger partial charge on any atom is -0.354 e. The quantitative estimate of drug-likeness (QED) is 0.869. The zero-order chi connectivity index (χ0) is 16.9. The van der Waals surface area contributed by atoms with Crippen molar-refractivity contribution in [2.24, 2.45) is 0 Å². The zero-order valence-corrected chi connectivity index (χ0v) is 14.4. The first kappa shape index (κ1) is 16.7. The first-order valence-corrected chi connectivity index (χ1v) is 8.88. The Hall–Kier alpha value is -2.18. The molecular weight excluding hydrogens is 322 g/mol. The second-order valence-corrected chi connectivity index (χ2v) is 6.97. The van der Waals surface area contributed by atoms with Gasteiger partial charge < -0.3 is 10.6 Å². The van der Waals surface area contributed by atoms with E-state index in [9.17, 15) is 9.59 Å². The van der Waals surface area contributed by atoms with Crippen LogP contribution in [0.1, 0.15) is 22.0 Å². The first-order valence-electron chi connectivity index (χ1n) is 8.00. The molecule has 0 bridgehead atoms. The molecule has 1 unspecified atom stereocenters. The maximum absolute atomic E-state index is 12.5. The molecule has 1 aliphatic heterocycles. The van der Waals surface area contributed by atoms with Crippen molar-refractivity contribution < 1.29 is 9.59 Å². The molecule has 0 saturated carbocycles. The molecule has 5 nitrogen and oxygen atoms in total.